The molecule has 0 radical (unpaired) electrons. The predicted molar refractivity (Wildman–Crippen MR) is 89.5 cm³/mol. The van der Waals surface area contributed by atoms with Gasteiger partial charge in [0.1, 0.15) is 0 Å². The molecule has 0 saturated heterocycles. The summed E-state index contributed by atoms with van der Waals surface area (Å²) in [4.78, 5) is 0. The molecule has 2 aliphatic rings. The van der Waals surface area contributed by atoms with Gasteiger partial charge in [-0.15, -0.1) is 0 Å². The van der Waals surface area contributed by atoms with Crippen molar-refractivity contribution in [1.29, 1.82) is 0 Å². The fourth-order valence-electron chi connectivity index (χ4n) is 3.45. The standard InChI is InChI=1S/C19H12N2/c1-4-12-5-2-8-16-17(12)14(7-1)15-10-9-13-6-3-11-20-21-19(13)18(15)16/h1-11,21H. The molecule has 1 heterocycles. The van der Waals surface area contributed by atoms with Gasteiger partial charge in [0.2, 0.25) is 0 Å². The third-order valence-corrected chi connectivity index (χ3v) is 4.31. The van der Waals surface area contributed by atoms with Crippen LogP contribution in [0.4, 0.5) is 5.69 Å². The maximum atomic E-state index is 4.25. The molecule has 0 fully saturated rings. The van der Waals surface area contributed by atoms with E-state index < -0.39 is 0 Å². The number of hydrogen-bond acceptors (Lipinski definition) is 2. The fraction of sp³-hybridized carbons (Fsp3) is 0. The first-order chi connectivity index (χ1) is 10.4. The average molecular weight is 268 g/mol. The lowest BCUT2D eigenvalue weighted by Crippen LogP contribution is -1.93. The zero-order chi connectivity index (χ0) is 13.8. The molecule has 2 nitrogen and oxygen atoms in total. The monoisotopic (exact) mass is 268 g/mol. The minimum Gasteiger partial charge on any atom is -0.277 e. The molecular formula is C19H12N2. The van der Waals surface area contributed by atoms with E-state index in [1.165, 1.54) is 38.6 Å². The van der Waals surface area contributed by atoms with Gasteiger partial charge >= 0.3 is 0 Å². The van der Waals surface area contributed by atoms with Crippen LogP contribution in [0.1, 0.15) is 5.56 Å². The number of anilines is 1. The van der Waals surface area contributed by atoms with Crippen LogP contribution in [-0.4, -0.2) is 6.21 Å². The SMILES string of the molecule is C1=Cc2ccc3c(c2NN=C1)-c1cccc2cccc-3c12. The number of fused-ring (bicyclic) bond motifs is 5. The molecule has 2 heteroatoms. The van der Waals surface area contributed by atoms with Gasteiger partial charge in [0.05, 0.1) is 5.69 Å². The van der Waals surface area contributed by atoms with Crippen molar-refractivity contribution in [3.05, 3.63) is 60.2 Å². The fourth-order valence-corrected chi connectivity index (χ4v) is 3.45. The zero-order valence-corrected chi connectivity index (χ0v) is 11.3. The van der Waals surface area contributed by atoms with Gasteiger partial charge in [-0.3, -0.25) is 5.43 Å². The van der Waals surface area contributed by atoms with Gasteiger partial charge in [-0.1, -0.05) is 54.6 Å². The van der Waals surface area contributed by atoms with Crippen molar-refractivity contribution in [2.75, 3.05) is 5.43 Å². The second-order valence-corrected chi connectivity index (χ2v) is 5.41. The van der Waals surface area contributed by atoms with E-state index in [0.29, 0.717) is 0 Å². The third-order valence-electron chi connectivity index (χ3n) is 4.31. The van der Waals surface area contributed by atoms with Crippen molar-refractivity contribution < 1.29 is 0 Å². The molecule has 0 spiro atoms. The molecule has 0 bridgehead atoms. The Balaban J connectivity index is 1.97. The van der Waals surface area contributed by atoms with E-state index in [4.69, 9.17) is 0 Å². The molecule has 21 heavy (non-hydrogen) atoms. The van der Waals surface area contributed by atoms with Crippen molar-refractivity contribution in [3.8, 4) is 22.3 Å². The minimum absolute atomic E-state index is 1.10. The smallest absolute Gasteiger partial charge is 0.0718 e. The number of rotatable bonds is 0. The maximum Gasteiger partial charge on any atom is 0.0718 e. The van der Waals surface area contributed by atoms with E-state index in [9.17, 15) is 0 Å². The van der Waals surface area contributed by atoms with Gasteiger partial charge < -0.3 is 0 Å². The van der Waals surface area contributed by atoms with E-state index >= 15 is 0 Å². The van der Waals surface area contributed by atoms with Crippen LogP contribution < -0.4 is 5.43 Å². The summed E-state index contributed by atoms with van der Waals surface area (Å²) in [5, 5.41) is 6.90. The van der Waals surface area contributed by atoms with Crippen molar-refractivity contribution in [2.45, 2.75) is 0 Å². The third kappa shape index (κ3) is 1.34. The first kappa shape index (κ1) is 10.9. The van der Waals surface area contributed by atoms with Gasteiger partial charge in [-0.05, 0) is 33.5 Å². The summed E-state index contributed by atoms with van der Waals surface area (Å²) < 4.78 is 0. The van der Waals surface area contributed by atoms with Crippen LogP contribution in [0, 0.1) is 0 Å². The Morgan fingerprint density at radius 1 is 0.810 bits per heavy atom. The second-order valence-electron chi connectivity index (χ2n) is 5.41. The Bertz CT molecular complexity index is 959. The lowest BCUT2D eigenvalue weighted by atomic mass is 9.98. The molecule has 0 saturated carbocycles. The van der Waals surface area contributed by atoms with Crippen LogP contribution in [0.15, 0.2) is 59.7 Å². The average Bonchev–Trinajstić information content (AvgIpc) is 2.71. The molecule has 3 aromatic carbocycles. The zero-order valence-electron chi connectivity index (χ0n) is 11.3. The van der Waals surface area contributed by atoms with Gasteiger partial charge in [-0.25, -0.2) is 0 Å². The van der Waals surface area contributed by atoms with Crippen LogP contribution in [0.2, 0.25) is 0 Å². The summed E-state index contributed by atoms with van der Waals surface area (Å²) >= 11 is 0. The van der Waals surface area contributed by atoms with Gasteiger partial charge in [-0.2, -0.15) is 5.10 Å². The van der Waals surface area contributed by atoms with Crippen LogP contribution >= 0.6 is 0 Å². The molecule has 0 atom stereocenters. The Hall–Kier alpha value is -2.87. The number of nitrogens with one attached hydrogen (secondary N) is 1. The van der Waals surface area contributed by atoms with Gasteiger partial charge in [0, 0.05) is 17.3 Å². The first-order valence-electron chi connectivity index (χ1n) is 7.09. The predicted octanol–water partition coefficient (Wildman–Crippen LogP) is 4.91. The normalized spacial score (nSPS) is 13.7. The summed E-state index contributed by atoms with van der Waals surface area (Å²) in [5.74, 6) is 0. The molecule has 98 valence electrons. The van der Waals surface area contributed by atoms with Crippen molar-refractivity contribution >= 4 is 28.8 Å². The van der Waals surface area contributed by atoms with Gasteiger partial charge in [0.15, 0.2) is 0 Å². The second kappa shape index (κ2) is 3.83. The minimum atomic E-state index is 1.10. The molecule has 0 amide bonds. The number of nitrogens with zero attached hydrogens (tertiary/aromatic N) is 1. The molecule has 0 aromatic heterocycles. The molecule has 1 aliphatic carbocycles. The summed E-state index contributed by atoms with van der Waals surface area (Å²) in [6, 6.07) is 17.4. The topological polar surface area (TPSA) is 24.4 Å². The number of hydrogen-bond donors (Lipinski definition) is 1. The van der Waals surface area contributed by atoms with Crippen LogP contribution in [0.25, 0.3) is 39.1 Å². The van der Waals surface area contributed by atoms with E-state index in [2.05, 4.69) is 65.1 Å². The molecular weight excluding hydrogens is 256 g/mol. The van der Waals surface area contributed by atoms with Gasteiger partial charge in [0.25, 0.3) is 0 Å². The summed E-state index contributed by atoms with van der Waals surface area (Å²) in [6.07, 6.45) is 5.85. The first-order valence-corrected chi connectivity index (χ1v) is 7.09. The molecule has 0 unspecified atom stereocenters. The van der Waals surface area contributed by atoms with Crippen molar-refractivity contribution in [1.82, 2.24) is 0 Å². The van der Waals surface area contributed by atoms with Crippen molar-refractivity contribution in [2.24, 2.45) is 5.10 Å². The molecule has 3 aromatic rings. The number of benzene rings is 3. The largest absolute Gasteiger partial charge is 0.277 e. The van der Waals surface area contributed by atoms with Crippen LogP contribution in [0.5, 0.6) is 0 Å². The summed E-state index contributed by atoms with van der Waals surface area (Å²) in [6.45, 7) is 0. The lowest BCUT2D eigenvalue weighted by Gasteiger charge is -2.12. The summed E-state index contributed by atoms with van der Waals surface area (Å²) in [5.41, 5.74) is 10.7. The van der Waals surface area contributed by atoms with E-state index in [0.717, 1.165) is 5.69 Å². The summed E-state index contributed by atoms with van der Waals surface area (Å²) in [7, 11) is 0. The Morgan fingerprint density at radius 3 is 2.57 bits per heavy atom. The van der Waals surface area contributed by atoms with Crippen LogP contribution in [0.3, 0.4) is 0 Å². The highest BCUT2D eigenvalue weighted by molar-refractivity contribution is 6.18. The van der Waals surface area contributed by atoms with Crippen molar-refractivity contribution in [3.63, 3.8) is 0 Å². The Labute approximate surface area is 122 Å². The highest BCUT2D eigenvalue weighted by Crippen LogP contribution is 2.51. The van der Waals surface area contributed by atoms with Crippen LogP contribution in [-0.2, 0) is 0 Å². The number of allylic oxidation sites excluding steroid dienone is 1. The lowest BCUT2D eigenvalue weighted by molar-refractivity contribution is 1.36. The molecule has 5 rings (SSSR count). The number of hydrazone groups is 1. The molecule has 1 N–H and O–H groups in total. The van der Waals surface area contributed by atoms with E-state index in [1.807, 2.05) is 6.08 Å². The van der Waals surface area contributed by atoms with E-state index in [1.54, 1.807) is 6.21 Å². The Morgan fingerprint density at radius 2 is 1.67 bits per heavy atom. The molecule has 1 aliphatic heterocycles. The maximum absolute atomic E-state index is 4.25. The highest BCUT2D eigenvalue weighted by Gasteiger charge is 2.25. The quantitative estimate of drug-likeness (QED) is 0.481. The highest BCUT2D eigenvalue weighted by atomic mass is 15.3. The Kier molecular flexibility index (Phi) is 1.98. The van der Waals surface area contributed by atoms with E-state index in [-0.39, 0.29) is 0 Å².